The average molecular weight is 1400 g/mol. The molecular formula is C96H84N4OSi2. The number of aromatic nitrogens is 4. The SMILES string of the molecule is [2H]c1c([2H])c([2H])c([Si](c2cc(C(C)(C)C)cc(-c3c([2H])c([2H])c([2H])c([Si](c4c([2H])c([2H])c([2H])c([2H])c4[2H])(c4c([2H])c([2H])c([2H])c([2H])c4[2H])c4c([2H])c([2H])c([2H])c([2H])c4[2H])c3[2H])c2-[n+]2[c-]n(-c3cccc(Oc4ccc5c6ccccc6n(-c6cc(C(C)(C)C)ccn6)c5c4)c3)c3cc(-c4ccc(C(C)(C)C)cc4)ccc32)(c2c([2H])c([2H])c([2H])c([2H])c2[2H])c2c([2H])c([2H])c([2H])c([2H])c2[2H])c([2H])c1[2H]. The maximum Gasteiger partial charge on any atom is 0.269 e. The number of hydrogen-bond donors (Lipinski definition) is 0. The van der Waals surface area contributed by atoms with Gasteiger partial charge in [0.25, 0.3) is 6.33 Å². The summed E-state index contributed by atoms with van der Waals surface area (Å²) in [4.78, 5) is 4.88. The van der Waals surface area contributed by atoms with Crippen LogP contribution in [0.15, 0.2) is 345 Å². The van der Waals surface area contributed by atoms with Crippen molar-refractivity contribution >= 4 is 90.5 Å². The first-order valence-corrected chi connectivity index (χ1v) is 37.2. The summed E-state index contributed by atoms with van der Waals surface area (Å²) in [6.45, 7) is 17.1. The second kappa shape index (κ2) is 26.5. The first-order chi connectivity index (χ1) is 64.1. The summed E-state index contributed by atoms with van der Waals surface area (Å²) in [5.74, 6) is 1.08. The van der Waals surface area contributed by atoms with Crippen LogP contribution in [-0.4, -0.2) is 30.3 Å². The third kappa shape index (κ3) is 12.0. The fourth-order valence-electron chi connectivity index (χ4n) is 13.5. The molecule has 502 valence electrons. The Morgan fingerprint density at radius 1 is 0.388 bits per heavy atom. The topological polar surface area (TPSA) is 35.9 Å². The Morgan fingerprint density at radius 3 is 1.47 bits per heavy atom. The molecule has 0 spiro atoms. The van der Waals surface area contributed by atoms with Crippen LogP contribution in [0.5, 0.6) is 11.5 Å². The molecule has 0 aliphatic heterocycles. The van der Waals surface area contributed by atoms with Gasteiger partial charge in [-0.1, -0.05) is 341 Å². The molecule has 3 heterocycles. The van der Waals surface area contributed by atoms with Gasteiger partial charge in [0.05, 0.1) is 80.0 Å². The molecule has 3 aromatic heterocycles. The van der Waals surface area contributed by atoms with E-state index >= 15 is 0 Å². The van der Waals surface area contributed by atoms with Crippen LogP contribution in [0.4, 0.5) is 0 Å². The third-order valence-corrected chi connectivity index (χ3v) is 26.9. The van der Waals surface area contributed by atoms with E-state index in [1.165, 1.54) is 21.3 Å². The van der Waals surface area contributed by atoms with Crippen molar-refractivity contribution in [3.63, 3.8) is 0 Å². The molecule has 7 heteroatoms. The Bertz CT molecular complexity index is 7440. The lowest BCUT2D eigenvalue weighted by Gasteiger charge is -2.38. The zero-order valence-electron chi connectivity index (χ0n) is 91.5. The van der Waals surface area contributed by atoms with Crippen molar-refractivity contribution in [2.75, 3.05) is 0 Å². The van der Waals surface area contributed by atoms with E-state index in [0.717, 1.165) is 27.4 Å². The molecule has 0 amide bonds. The summed E-state index contributed by atoms with van der Waals surface area (Å²) < 4.78 is 350. The van der Waals surface area contributed by atoms with Crippen LogP contribution < -0.4 is 50.8 Å². The maximum atomic E-state index is 11.7. The minimum absolute atomic E-state index is 0.0894. The third-order valence-electron chi connectivity index (χ3n) is 18.7. The molecule has 103 heavy (non-hydrogen) atoms. The molecule has 16 aromatic rings. The van der Waals surface area contributed by atoms with Gasteiger partial charge in [-0.3, -0.25) is 13.7 Å². The predicted octanol–water partition coefficient (Wildman–Crippen LogP) is 18.0. The number of pyridine rings is 1. The summed E-state index contributed by atoms with van der Waals surface area (Å²) in [5, 5.41) is -7.10. The van der Waals surface area contributed by atoms with Gasteiger partial charge in [0.15, 0.2) is 16.1 Å². The van der Waals surface area contributed by atoms with Gasteiger partial charge in [0.2, 0.25) is 0 Å². The normalized spacial score (nSPS) is 16.9. The summed E-state index contributed by atoms with van der Waals surface area (Å²) in [6, 6.07) is -3.58. The Labute approximate surface area is 656 Å². The Morgan fingerprint density at radius 2 is 0.903 bits per heavy atom. The van der Waals surface area contributed by atoms with E-state index in [1.54, 1.807) is 75.5 Å². The number of ether oxygens (including phenoxy) is 1. The minimum atomic E-state index is -6.83. The van der Waals surface area contributed by atoms with Crippen molar-refractivity contribution in [2.24, 2.45) is 0 Å². The van der Waals surface area contributed by atoms with Crippen molar-refractivity contribution in [3.8, 4) is 50.9 Å². The number of nitrogens with zero attached hydrogens (tertiary/aromatic N) is 4. The second-order valence-electron chi connectivity index (χ2n) is 28.0. The lowest BCUT2D eigenvalue weighted by atomic mass is 9.84. The van der Waals surface area contributed by atoms with Gasteiger partial charge >= 0.3 is 0 Å². The zero-order chi connectivity index (χ0) is 100. The highest BCUT2D eigenvalue weighted by atomic mass is 28.3. The monoisotopic (exact) mass is 1400 g/mol. The highest BCUT2D eigenvalue weighted by Gasteiger charge is 2.46. The molecule has 16 rings (SSSR count). The molecule has 0 saturated heterocycles. The zero-order valence-corrected chi connectivity index (χ0v) is 59.5. The lowest BCUT2D eigenvalue weighted by Crippen LogP contribution is -2.76. The number of imidazole rings is 1. The largest absolute Gasteiger partial charge is 0.458 e. The fourth-order valence-corrected chi connectivity index (χ4v) is 21.1. The molecule has 0 aliphatic carbocycles. The molecule has 0 aliphatic rings. The quantitative estimate of drug-likeness (QED) is 0.0444. The Balaban J connectivity index is 1.18. The molecule has 13 aromatic carbocycles. The number of rotatable bonds is 15. The number of para-hydroxylation sites is 1. The van der Waals surface area contributed by atoms with Gasteiger partial charge in [0, 0.05) is 23.0 Å². The lowest BCUT2D eigenvalue weighted by molar-refractivity contribution is -0.570. The minimum Gasteiger partial charge on any atom is -0.458 e. The van der Waals surface area contributed by atoms with Crippen molar-refractivity contribution in [1.29, 1.82) is 0 Å². The number of fused-ring (bicyclic) bond motifs is 4. The van der Waals surface area contributed by atoms with Crippen LogP contribution in [0.25, 0.3) is 72.3 Å². The van der Waals surface area contributed by atoms with E-state index in [0.29, 0.717) is 28.2 Å². The van der Waals surface area contributed by atoms with Gasteiger partial charge < -0.3 is 4.74 Å². The van der Waals surface area contributed by atoms with Gasteiger partial charge in [0.1, 0.15) is 17.3 Å². The molecule has 0 N–H and O–H groups in total. The molecule has 0 radical (unpaired) electrons. The van der Waals surface area contributed by atoms with E-state index in [9.17, 15) is 42.5 Å². The van der Waals surface area contributed by atoms with Crippen LogP contribution in [-0.2, 0) is 16.2 Å². The summed E-state index contributed by atoms with van der Waals surface area (Å²) in [7, 11) is -13.6. The summed E-state index contributed by atoms with van der Waals surface area (Å²) in [5.41, 5.74) is -0.0973. The van der Waals surface area contributed by atoms with E-state index in [1.807, 2.05) is 98.1 Å². The molecule has 5 nitrogen and oxygen atoms in total. The maximum absolute atomic E-state index is 11.7. The molecule has 0 saturated carbocycles. The van der Waals surface area contributed by atoms with E-state index in [-0.39, 0.29) is 38.9 Å². The molecule has 0 fully saturated rings. The molecular weight excluding hydrogens is 1280 g/mol. The Hall–Kier alpha value is -11.5. The van der Waals surface area contributed by atoms with Crippen LogP contribution in [0.1, 0.15) is 126 Å². The van der Waals surface area contributed by atoms with E-state index < -0.39 is 285 Å². The van der Waals surface area contributed by atoms with Crippen LogP contribution in [0.2, 0.25) is 0 Å². The van der Waals surface area contributed by atoms with Crippen LogP contribution in [0, 0.1) is 6.33 Å². The number of benzene rings is 13. The van der Waals surface area contributed by atoms with Crippen molar-refractivity contribution in [3.05, 3.63) is 368 Å². The molecule has 0 bridgehead atoms. The average Bonchev–Trinajstić information content (AvgIpc) is 1.34. The summed E-state index contributed by atoms with van der Waals surface area (Å²) >= 11 is 0. The first kappa shape index (κ1) is 38.0. The number of hydrogen-bond acceptors (Lipinski definition) is 2. The van der Waals surface area contributed by atoms with Crippen LogP contribution in [0.3, 0.4) is 0 Å². The fraction of sp³-hybridized carbons (Fsp3) is 0.125. The van der Waals surface area contributed by atoms with E-state index in [2.05, 4.69) is 27.1 Å². The van der Waals surface area contributed by atoms with Crippen molar-refractivity contribution in [1.82, 2.24) is 14.1 Å². The highest BCUT2D eigenvalue weighted by Crippen LogP contribution is 2.39. The standard InChI is InChI=1S/C96H84N4OSi2/c1-94(2,3)71-53-50-68(51-54-71)69-52-57-88-90(61-69)98(74-33-31-34-75(65-74)101-76-55-56-85-84-48-28-29-49-87(84)100(89(85)66-76)92-64-72(58-59-97-92)95(4,5)6)67-99(88)93-86(70-32-30-47-83(60-70)102(77-35-16-10-17-36-77,78-37-18-11-19-38-78)79-39-20-12-21-40-79)62-73(96(7,8)9)63-91(93)103(80-41-22-13-23-42-80,81-43-24-14-25-44-81)82-45-26-15-27-46-82/h10-66H,1-9H3/i10D,11D,12D,13D,14D,15D,16D,17D,18D,19D,20D,21D,22D,23D,24D,25D,26D,27D,30D,32D,35D,36D,37D,38D,39D,40D,41D,42D,43D,44D,45D,46D,47D,60D. The Kier molecular flexibility index (Phi) is 9.76. The van der Waals surface area contributed by atoms with E-state index in [4.69, 9.17) is 13.8 Å². The van der Waals surface area contributed by atoms with Crippen molar-refractivity contribution < 1.29 is 55.9 Å². The summed E-state index contributed by atoms with van der Waals surface area (Å²) in [6.07, 6.45) is 5.22. The van der Waals surface area contributed by atoms with Crippen molar-refractivity contribution in [2.45, 2.75) is 78.6 Å². The highest BCUT2D eigenvalue weighted by molar-refractivity contribution is 7.21. The smallest absolute Gasteiger partial charge is 0.269 e. The van der Waals surface area contributed by atoms with Gasteiger partial charge in [-0.05, 0) is 151 Å². The predicted molar refractivity (Wildman–Crippen MR) is 436 cm³/mol. The van der Waals surface area contributed by atoms with Crippen LogP contribution >= 0.6 is 0 Å². The molecule has 0 unspecified atom stereocenters. The van der Waals surface area contributed by atoms with Gasteiger partial charge in [-0.25, -0.2) is 4.98 Å². The van der Waals surface area contributed by atoms with Gasteiger partial charge in [-0.15, -0.1) is 0 Å². The molecule has 0 atom stereocenters. The first-order valence-electron chi connectivity index (χ1n) is 50.2. The van der Waals surface area contributed by atoms with Gasteiger partial charge in [-0.2, -0.15) is 0 Å². The second-order valence-corrected chi connectivity index (χ2v) is 35.0.